The van der Waals surface area contributed by atoms with Crippen molar-refractivity contribution in [1.29, 1.82) is 0 Å². The van der Waals surface area contributed by atoms with Crippen LogP contribution in [0.1, 0.15) is 39.5 Å². The summed E-state index contributed by atoms with van der Waals surface area (Å²) in [6.07, 6.45) is -0.520. The van der Waals surface area contributed by atoms with E-state index in [0.717, 1.165) is 4.88 Å². The number of aliphatic carboxylic acids is 1. The molecule has 0 aliphatic carbocycles. The van der Waals surface area contributed by atoms with Gasteiger partial charge >= 0.3 is 12.1 Å². The van der Waals surface area contributed by atoms with Crippen molar-refractivity contribution in [2.24, 2.45) is 0 Å². The van der Waals surface area contributed by atoms with E-state index in [4.69, 9.17) is 4.74 Å². The van der Waals surface area contributed by atoms with Crippen LogP contribution in [-0.2, 0) is 20.7 Å². The van der Waals surface area contributed by atoms with E-state index < -0.39 is 40.4 Å². The lowest BCUT2D eigenvalue weighted by Crippen LogP contribution is -2.57. The van der Waals surface area contributed by atoms with E-state index in [-0.39, 0.29) is 6.42 Å². The fourth-order valence-electron chi connectivity index (χ4n) is 2.07. The number of carbonyl (C=O) groups excluding carboxylic acids is 2. The molecule has 1 rings (SSSR count). The lowest BCUT2D eigenvalue weighted by atomic mass is 10.0. The first-order chi connectivity index (χ1) is 11.8. The number of thiol groups is 1. The van der Waals surface area contributed by atoms with Crippen LogP contribution < -0.4 is 10.6 Å². The minimum Gasteiger partial charge on any atom is -0.480 e. The largest absolute Gasteiger partial charge is 0.480 e. The monoisotopic (exact) mass is 402 g/mol. The van der Waals surface area contributed by atoms with Gasteiger partial charge in [0.25, 0.3) is 0 Å². The van der Waals surface area contributed by atoms with E-state index in [1.807, 2.05) is 17.5 Å². The van der Waals surface area contributed by atoms with Gasteiger partial charge < -0.3 is 20.5 Å². The van der Waals surface area contributed by atoms with E-state index in [1.165, 1.54) is 11.3 Å². The summed E-state index contributed by atoms with van der Waals surface area (Å²) >= 11 is 5.68. The Morgan fingerprint density at radius 1 is 1.23 bits per heavy atom. The number of alkyl carbamates (subject to hydrolysis) is 1. The number of ether oxygens (including phenoxy) is 1. The molecule has 1 aromatic rings. The summed E-state index contributed by atoms with van der Waals surface area (Å²) in [6.45, 7) is 8.32. The maximum Gasteiger partial charge on any atom is 0.408 e. The Bertz CT molecular complexity index is 633. The molecule has 146 valence electrons. The molecule has 1 heterocycles. The minimum absolute atomic E-state index is 0.224. The predicted molar refractivity (Wildman–Crippen MR) is 104 cm³/mol. The molecule has 7 nitrogen and oxygen atoms in total. The lowest BCUT2D eigenvalue weighted by molar-refractivity contribution is -0.142. The number of carboxylic acids is 1. The van der Waals surface area contributed by atoms with E-state index in [2.05, 4.69) is 23.3 Å². The third-order valence-electron chi connectivity index (χ3n) is 3.23. The highest BCUT2D eigenvalue weighted by Crippen LogP contribution is 2.19. The van der Waals surface area contributed by atoms with Gasteiger partial charge in [-0.15, -0.1) is 11.3 Å². The van der Waals surface area contributed by atoms with Gasteiger partial charge in [0.15, 0.2) is 0 Å². The van der Waals surface area contributed by atoms with Crippen molar-refractivity contribution >= 4 is 41.9 Å². The molecule has 0 spiro atoms. The Morgan fingerprint density at radius 2 is 1.85 bits per heavy atom. The van der Waals surface area contributed by atoms with E-state index in [9.17, 15) is 19.5 Å². The lowest BCUT2D eigenvalue weighted by Gasteiger charge is -2.29. The Kier molecular flexibility index (Phi) is 7.52. The first-order valence-corrected chi connectivity index (χ1v) is 9.40. The molecule has 0 saturated carbocycles. The number of amides is 2. The summed E-state index contributed by atoms with van der Waals surface area (Å²) in [4.78, 5) is 37.1. The van der Waals surface area contributed by atoms with Crippen LogP contribution in [-0.4, -0.2) is 45.5 Å². The van der Waals surface area contributed by atoms with Crippen LogP contribution in [0, 0.1) is 0 Å². The number of carboxylic acid groups (broad SMARTS) is 1. The number of carbonyl (C=O) groups is 3. The van der Waals surface area contributed by atoms with Gasteiger partial charge in [0.2, 0.25) is 5.91 Å². The Labute approximate surface area is 162 Å². The highest BCUT2D eigenvalue weighted by molar-refractivity contribution is 7.81. The molecule has 2 atom stereocenters. The van der Waals surface area contributed by atoms with Gasteiger partial charge in [-0.2, -0.15) is 12.6 Å². The molecular formula is C17H26N2O5S2. The number of hydrogen-bond donors (Lipinski definition) is 4. The molecule has 0 radical (unpaired) electrons. The molecule has 0 fully saturated rings. The second-order valence-electron chi connectivity index (χ2n) is 7.42. The molecule has 1 aromatic heterocycles. The molecule has 0 saturated heterocycles. The molecule has 0 bridgehead atoms. The van der Waals surface area contributed by atoms with Gasteiger partial charge in [0.05, 0.1) is 0 Å². The smallest absolute Gasteiger partial charge is 0.408 e. The van der Waals surface area contributed by atoms with Crippen LogP contribution in [0.2, 0.25) is 0 Å². The van der Waals surface area contributed by atoms with Gasteiger partial charge in [-0.3, -0.25) is 4.79 Å². The zero-order chi connectivity index (χ0) is 20.1. The molecule has 0 unspecified atom stereocenters. The molecule has 26 heavy (non-hydrogen) atoms. The summed E-state index contributed by atoms with van der Waals surface area (Å²) in [5.74, 6) is -1.82. The maximum absolute atomic E-state index is 12.7. The van der Waals surface area contributed by atoms with E-state index in [0.29, 0.717) is 0 Å². The highest BCUT2D eigenvalue weighted by atomic mass is 32.1. The standard InChI is InChI=1S/C17H26N2O5S2/c1-16(2,3)24-15(23)18-11(9-10-7-6-8-26-10)13(20)19-12(14(21)22)17(4,5)25/h6-8,11-12,25H,9H2,1-5H3,(H,18,23)(H,19,20)(H,21,22)/t11-,12-/m0/s1. The van der Waals surface area contributed by atoms with Crippen molar-refractivity contribution in [2.45, 2.75) is 63.5 Å². The average molecular weight is 403 g/mol. The van der Waals surface area contributed by atoms with Gasteiger partial charge in [-0.1, -0.05) is 6.07 Å². The zero-order valence-electron chi connectivity index (χ0n) is 15.5. The molecule has 0 aromatic carbocycles. The Hall–Kier alpha value is -1.74. The van der Waals surface area contributed by atoms with Crippen LogP contribution in [0.15, 0.2) is 17.5 Å². The summed E-state index contributed by atoms with van der Waals surface area (Å²) in [5, 5.41) is 16.2. The normalized spacial score (nSPS) is 14.2. The van der Waals surface area contributed by atoms with Gasteiger partial charge in [0, 0.05) is 16.0 Å². The first-order valence-electron chi connectivity index (χ1n) is 8.07. The van der Waals surface area contributed by atoms with Gasteiger partial charge in [-0.05, 0) is 46.1 Å². The third-order valence-corrected chi connectivity index (χ3v) is 4.39. The number of thiophene rings is 1. The first kappa shape index (κ1) is 22.3. The van der Waals surface area contributed by atoms with Crippen molar-refractivity contribution in [1.82, 2.24) is 10.6 Å². The zero-order valence-corrected chi connectivity index (χ0v) is 17.2. The van der Waals surface area contributed by atoms with Gasteiger partial charge in [-0.25, -0.2) is 9.59 Å². The van der Waals surface area contributed by atoms with Crippen LogP contribution in [0.4, 0.5) is 4.79 Å². The summed E-state index contributed by atoms with van der Waals surface area (Å²) in [5.41, 5.74) is -0.718. The van der Waals surface area contributed by atoms with Crippen molar-refractivity contribution in [3.05, 3.63) is 22.4 Å². The van der Waals surface area contributed by atoms with Crippen LogP contribution in [0.25, 0.3) is 0 Å². The fraction of sp³-hybridized carbons (Fsp3) is 0.588. The fourth-order valence-corrected chi connectivity index (χ4v) is 3.00. The quantitative estimate of drug-likeness (QED) is 0.525. The molecule has 0 aliphatic heterocycles. The number of rotatable bonds is 7. The predicted octanol–water partition coefficient (Wildman–Crippen LogP) is 2.46. The molecular weight excluding hydrogens is 376 g/mol. The van der Waals surface area contributed by atoms with Crippen molar-refractivity contribution in [3.8, 4) is 0 Å². The average Bonchev–Trinajstić information content (AvgIpc) is 2.92. The van der Waals surface area contributed by atoms with Crippen LogP contribution in [0.3, 0.4) is 0 Å². The van der Waals surface area contributed by atoms with Gasteiger partial charge in [0.1, 0.15) is 17.7 Å². The Balaban J connectivity index is 2.94. The van der Waals surface area contributed by atoms with Crippen LogP contribution >= 0.6 is 24.0 Å². The number of hydrogen-bond acceptors (Lipinski definition) is 6. The summed E-state index contributed by atoms with van der Waals surface area (Å²) in [6, 6.07) is 1.48. The van der Waals surface area contributed by atoms with Crippen LogP contribution in [0.5, 0.6) is 0 Å². The summed E-state index contributed by atoms with van der Waals surface area (Å²) in [7, 11) is 0. The Morgan fingerprint density at radius 3 is 2.27 bits per heavy atom. The maximum atomic E-state index is 12.7. The van der Waals surface area contributed by atoms with E-state index >= 15 is 0 Å². The SMILES string of the molecule is CC(C)(C)OC(=O)N[C@@H](Cc1cccs1)C(=O)N[C@@H](C(=O)O)C(C)(C)S. The topological polar surface area (TPSA) is 105 Å². The minimum atomic E-state index is -1.22. The van der Waals surface area contributed by atoms with Crippen molar-refractivity contribution in [3.63, 3.8) is 0 Å². The third kappa shape index (κ3) is 7.65. The number of nitrogens with one attached hydrogen (secondary N) is 2. The molecule has 0 aliphatic rings. The second kappa shape index (κ2) is 8.77. The second-order valence-corrected chi connectivity index (χ2v) is 9.60. The van der Waals surface area contributed by atoms with E-state index in [1.54, 1.807) is 34.6 Å². The molecule has 9 heteroatoms. The highest BCUT2D eigenvalue weighted by Gasteiger charge is 2.36. The molecule has 2 amide bonds. The molecule has 3 N–H and O–H groups in total. The van der Waals surface area contributed by atoms with Crippen molar-refractivity contribution in [2.75, 3.05) is 0 Å². The van der Waals surface area contributed by atoms with Crippen molar-refractivity contribution < 1.29 is 24.2 Å². The summed E-state index contributed by atoms with van der Waals surface area (Å²) < 4.78 is 4.21.